The number of carbonyl (C=O) groups excluding carboxylic acids is 1. The molecule has 1 aliphatic rings. The van der Waals surface area contributed by atoms with Gasteiger partial charge in [-0.05, 0) is 58.2 Å². The molecule has 1 unspecified atom stereocenters. The number of fused-ring (bicyclic) bond motifs is 4. The lowest BCUT2D eigenvalue weighted by Gasteiger charge is -2.39. The van der Waals surface area contributed by atoms with Crippen molar-refractivity contribution in [2.75, 3.05) is 12.8 Å². The summed E-state index contributed by atoms with van der Waals surface area (Å²) in [5, 5.41) is 24.5. The van der Waals surface area contributed by atoms with Crippen LogP contribution < -0.4 is 0 Å². The lowest BCUT2D eigenvalue weighted by atomic mass is 9.95. The average Bonchev–Trinajstić information content (AvgIpc) is 3.54. The molecule has 4 heterocycles. The van der Waals surface area contributed by atoms with Crippen LogP contribution in [0.3, 0.4) is 0 Å². The van der Waals surface area contributed by atoms with E-state index in [1.54, 1.807) is 35.0 Å². The van der Waals surface area contributed by atoms with Crippen LogP contribution in [0.4, 0.5) is 9.18 Å². The molecule has 5 aromatic rings. The molecular weight excluding hydrogens is 583 g/mol. The number of aryl methyl sites for hydroxylation is 2. The van der Waals surface area contributed by atoms with E-state index in [4.69, 9.17) is 4.74 Å². The number of amides is 1. The van der Waals surface area contributed by atoms with E-state index < -0.39 is 34.4 Å². The zero-order valence-corrected chi connectivity index (χ0v) is 26.3. The molecule has 228 valence electrons. The predicted molar refractivity (Wildman–Crippen MR) is 165 cm³/mol. The lowest BCUT2D eigenvalue weighted by Crippen LogP contribution is -2.48. The molecule has 0 spiro atoms. The largest absolute Gasteiger partial charge is 0.444 e. The second-order valence-corrected chi connectivity index (χ2v) is 13.5. The molecule has 11 nitrogen and oxygen atoms in total. The molecule has 0 N–H and O–H groups in total. The summed E-state index contributed by atoms with van der Waals surface area (Å²) < 4.78 is 38.6. The van der Waals surface area contributed by atoms with E-state index in [-0.39, 0.29) is 23.0 Å². The first kappa shape index (κ1) is 29.6. The SMILES string of the molecule is Cc1cc2c(nc(S(C)=O)c3nnn([C@H]4CCN(C(=O)OC(C)(C)C)[C@H](CC#N)C4)c32)c(F)c1-c1nn(C)c2ccccc12. The van der Waals surface area contributed by atoms with Gasteiger partial charge in [0.2, 0.25) is 0 Å². The van der Waals surface area contributed by atoms with Gasteiger partial charge in [-0.1, -0.05) is 23.4 Å². The van der Waals surface area contributed by atoms with Crippen molar-refractivity contribution in [3.63, 3.8) is 0 Å². The minimum atomic E-state index is -1.59. The van der Waals surface area contributed by atoms with Crippen molar-refractivity contribution in [1.82, 2.24) is 34.7 Å². The molecule has 3 atom stereocenters. The zero-order chi connectivity index (χ0) is 31.5. The fourth-order valence-electron chi connectivity index (χ4n) is 6.16. The summed E-state index contributed by atoms with van der Waals surface area (Å²) in [6, 6.07) is 11.0. The van der Waals surface area contributed by atoms with Gasteiger partial charge in [0, 0.05) is 36.2 Å². The highest BCUT2D eigenvalue weighted by molar-refractivity contribution is 7.84. The van der Waals surface area contributed by atoms with Crippen molar-refractivity contribution in [2.45, 2.75) is 69.7 Å². The van der Waals surface area contributed by atoms with E-state index in [9.17, 15) is 14.3 Å². The number of hydrogen-bond acceptors (Lipinski definition) is 8. The number of aromatic nitrogens is 6. The molecule has 0 bridgehead atoms. The normalized spacial score (nSPS) is 18.2. The van der Waals surface area contributed by atoms with Crippen molar-refractivity contribution in [2.24, 2.45) is 7.05 Å². The van der Waals surface area contributed by atoms with Gasteiger partial charge in [0.1, 0.15) is 27.8 Å². The standard InChI is InChI=1S/C31H33FN8O3S/c1-17-15-21-26(24(32)23(17)25-20-9-7-8-10-22(20)38(5)36-25)34-29(44(6)42)27-28(21)40(37-35-27)19-12-14-39(18(16-19)11-13-33)30(41)43-31(2,3)4/h7-10,15,18-19H,11-12,14,16H2,1-6H3/t18-,19+,44?/m1/s1. The number of piperidine rings is 1. The number of carbonyl (C=O) groups is 1. The maximum absolute atomic E-state index is 16.7. The first-order chi connectivity index (χ1) is 20.9. The number of rotatable bonds is 4. The van der Waals surface area contributed by atoms with Gasteiger partial charge in [-0.25, -0.2) is 18.9 Å². The Morgan fingerprint density at radius 2 is 1.98 bits per heavy atom. The van der Waals surface area contributed by atoms with Gasteiger partial charge in [-0.15, -0.1) is 5.10 Å². The highest BCUT2D eigenvalue weighted by Gasteiger charge is 2.36. The number of halogens is 1. The van der Waals surface area contributed by atoms with Crippen LogP contribution in [-0.4, -0.2) is 69.4 Å². The molecule has 3 aromatic heterocycles. The van der Waals surface area contributed by atoms with E-state index in [0.717, 1.165) is 10.9 Å². The summed E-state index contributed by atoms with van der Waals surface area (Å²) >= 11 is 0. The van der Waals surface area contributed by atoms with Crippen LogP contribution in [0.25, 0.3) is 44.1 Å². The molecule has 1 fully saturated rings. The number of benzene rings is 2. The van der Waals surface area contributed by atoms with E-state index >= 15 is 4.39 Å². The number of likely N-dealkylation sites (tertiary alicyclic amines) is 1. The molecule has 0 saturated carbocycles. The van der Waals surface area contributed by atoms with Gasteiger partial charge in [0.05, 0.1) is 40.9 Å². The average molecular weight is 617 g/mol. The van der Waals surface area contributed by atoms with Crippen LogP contribution in [-0.2, 0) is 22.6 Å². The fourth-order valence-corrected chi connectivity index (χ4v) is 6.79. The Morgan fingerprint density at radius 3 is 2.68 bits per heavy atom. The van der Waals surface area contributed by atoms with E-state index in [0.29, 0.717) is 52.6 Å². The smallest absolute Gasteiger partial charge is 0.410 e. The molecule has 13 heteroatoms. The molecule has 6 rings (SSSR count). The third-order valence-corrected chi connectivity index (χ3v) is 8.89. The van der Waals surface area contributed by atoms with Crippen LogP contribution in [0, 0.1) is 24.1 Å². The molecular formula is C31H33FN8O3S. The Labute approximate surface area is 256 Å². The number of pyridine rings is 1. The van der Waals surface area contributed by atoms with Crippen molar-refractivity contribution in [1.29, 1.82) is 5.26 Å². The number of nitriles is 1. The quantitative estimate of drug-likeness (QED) is 0.256. The molecule has 1 saturated heterocycles. The molecule has 1 aliphatic heterocycles. The van der Waals surface area contributed by atoms with Gasteiger partial charge < -0.3 is 9.64 Å². The number of para-hydroxylation sites is 1. The summed E-state index contributed by atoms with van der Waals surface area (Å²) in [4.78, 5) is 19.1. The first-order valence-electron chi connectivity index (χ1n) is 14.4. The van der Waals surface area contributed by atoms with E-state index in [1.165, 1.54) is 6.26 Å². The molecule has 44 heavy (non-hydrogen) atoms. The summed E-state index contributed by atoms with van der Waals surface area (Å²) in [5.74, 6) is -0.563. The molecule has 0 aliphatic carbocycles. The highest BCUT2D eigenvalue weighted by Crippen LogP contribution is 2.40. The maximum Gasteiger partial charge on any atom is 0.410 e. The molecule has 1 amide bonds. The Balaban J connectivity index is 1.51. The minimum absolute atomic E-state index is 0.0568. The maximum atomic E-state index is 16.7. The molecule has 0 radical (unpaired) electrons. The number of ether oxygens (including phenoxy) is 1. The predicted octanol–water partition coefficient (Wildman–Crippen LogP) is 5.57. The summed E-state index contributed by atoms with van der Waals surface area (Å²) in [7, 11) is 0.226. The van der Waals surface area contributed by atoms with Crippen LogP contribution in [0.15, 0.2) is 35.4 Å². The highest BCUT2D eigenvalue weighted by atomic mass is 32.2. The monoisotopic (exact) mass is 616 g/mol. The van der Waals surface area contributed by atoms with Crippen LogP contribution >= 0.6 is 0 Å². The summed E-state index contributed by atoms with van der Waals surface area (Å²) in [5.41, 5.74) is 2.59. The second-order valence-electron chi connectivity index (χ2n) is 12.2. The van der Waals surface area contributed by atoms with Crippen LogP contribution in [0.2, 0.25) is 0 Å². The first-order valence-corrected chi connectivity index (χ1v) is 15.9. The van der Waals surface area contributed by atoms with Gasteiger partial charge in [0.15, 0.2) is 10.8 Å². The third-order valence-electron chi connectivity index (χ3n) is 8.06. The topological polar surface area (TPSA) is 132 Å². The van der Waals surface area contributed by atoms with Gasteiger partial charge in [-0.2, -0.15) is 10.4 Å². The van der Waals surface area contributed by atoms with Gasteiger partial charge in [-0.3, -0.25) is 8.89 Å². The minimum Gasteiger partial charge on any atom is -0.444 e. The lowest BCUT2D eigenvalue weighted by molar-refractivity contribution is 0.00557. The fraction of sp³-hybridized carbons (Fsp3) is 0.419. The summed E-state index contributed by atoms with van der Waals surface area (Å²) in [6.45, 7) is 7.57. The number of hydrogen-bond donors (Lipinski definition) is 0. The summed E-state index contributed by atoms with van der Waals surface area (Å²) in [6.07, 6.45) is 2.05. The number of nitrogens with zero attached hydrogens (tertiary/aromatic N) is 8. The van der Waals surface area contributed by atoms with Gasteiger partial charge >= 0.3 is 6.09 Å². The van der Waals surface area contributed by atoms with Crippen LogP contribution in [0.5, 0.6) is 0 Å². The van der Waals surface area contributed by atoms with Crippen molar-refractivity contribution in [3.8, 4) is 17.3 Å². The van der Waals surface area contributed by atoms with Crippen molar-refractivity contribution < 1.29 is 18.1 Å². The van der Waals surface area contributed by atoms with Crippen molar-refractivity contribution in [3.05, 3.63) is 41.7 Å². The van der Waals surface area contributed by atoms with E-state index in [1.807, 2.05) is 44.3 Å². The second kappa shape index (κ2) is 10.9. The Bertz CT molecular complexity index is 2020. The van der Waals surface area contributed by atoms with Crippen LogP contribution in [0.1, 0.15) is 51.6 Å². The molecule has 2 aromatic carbocycles. The van der Waals surface area contributed by atoms with Crippen molar-refractivity contribution >= 4 is 49.7 Å². The van der Waals surface area contributed by atoms with Gasteiger partial charge in [0.25, 0.3) is 0 Å². The third kappa shape index (κ3) is 4.96. The van der Waals surface area contributed by atoms with E-state index in [2.05, 4.69) is 26.5 Å². The Morgan fingerprint density at radius 1 is 1.23 bits per heavy atom. The zero-order valence-electron chi connectivity index (χ0n) is 25.5. The Hall–Kier alpha value is -4.44. The Kier molecular flexibility index (Phi) is 7.36.